The van der Waals surface area contributed by atoms with E-state index in [9.17, 15) is 10.0 Å². The zero-order chi connectivity index (χ0) is 15.0. The van der Waals surface area contributed by atoms with Crippen molar-refractivity contribution in [2.75, 3.05) is 6.61 Å². The third kappa shape index (κ3) is 2.62. The van der Waals surface area contributed by atoms with Crippen molar-refractivity contribution in [2.45, 2.75) is 38.8 Å². The van der Waals surface area contributed by atoms with E-state index in [1.165, 1.54) is 0 Å². The summed E-state index contributed by atoms with van der Waals surface area (Å²) in [5.41, 5.74) is 0.127. The molecule has 107 valence electrons. The Morgan fingerprint density at radius 3 is 2.25 bits per heavy atom. The van der Waals surface area contributed by atoms with Gasteiger partial charge in [0.25, 0.3) is 0 Å². The van der Waals surface area contributed by atoms with Crippen molar-refractivity contribution in [1.82, 2.24) is 5.06 Å². The number of rotatable bonds is 3. The summed E-state index contributed by atoms with van der Waals surface area (Å²) >= 11 is 0. The average Bonchev–Trinajstić information content (AvgIpc) is 2.57. The van der Waals surface area contributed by atoms with Gasteiger partial charge < -0.3 is 4.74 Å². The molecule has 0 amide bonds. The molecule has 0 aliphatic carbocycles. The predicted octanol–water partition coefficient (Wildman–Crippen LogP) is 2.99. The van der Waals surface area contributed by atoms with E-state index in [0.717, 1.165) is 10.6 Å². The van der Waals surface area contributed by atoms with Crippen LogP contribution in [0, 0.1) is 0 Å². The highest BCUT2D eigenvalue weighted by Crippen LogP contribution is 2.38. The van der Waals surface area contributed by atoms with Crippen LogP contribution in [0.25, 0.3) is 0 Å². The van der Waals surface area contributed by atoms with Gasteiger partial charge in [0, 0.05) is 0 Å². The molecule has 4 nitrogen and oxygen atoms in total. The van der Waals surface area contributed by atoms with Crippen LogP contribution < -0.4 is 0 Å². The first-order valence-corrected chi connectivity index (χ1v) is 6.67. The lowest BCUT2D eigenvalue weighted by molar-refractivity contribution is -0.239. The molecular formula is C16H20NO3. The minimum atomic E-state index is -0.652. The Kier molecular flexibility index (Phi) is 3.71. The van der Waals surface area contributed by atoms with E-state index in [1.54, 1.807) is 24.3 Å². The maximum atomic E-state index is 12.2. The third-order valence-corrected chi connectivity index (χ3v) is 3.71. The fraction of sp³-hybridized carbons (Fsp3) is 0.438. The van der Waals surface area contributed by atoms with Crippen LogP contribution in [0.1, 0.15) is 38.1 Å². The summed E-state index contributed by atoms with van der Waals surface area (Å²) in [7, 11) is 0. The highest BCUT2D eigenvalue weighted by Gasteiger charge is 2.46. The molecule has 0 aromatic heterocycles. The molecule has 0 bridgehead atoms. The standard InChI is InChI=1S/C16H20NO3/c1-15(2)10-13(16(3,4)17(15)19)11-20-14(18)12-8-6-5-7-9-12/h5-10H,11H2,1-4H3. The van der Waals surface area contributed by atoms with Crippen molar-refractivity contribution >= 4 is 5.97 Å². The Balaban J connectivity index is 2.07. The maximum Gasteiger partial charge on any atom is 0.338 e. The third-order valence-electron chi connectivity index (χ3n) is 3.71. The second kappa shape index (κ2) is 5.04. The zero-order valence-electron chi connectivity index (χ0n) is 12.3. The van der Waals surface area contributed by atoms with E-state index < -0.39 is 11.1 Å². The molecule has 0 fully saturated rings. The number of benzene rings is 1. The first-order chi connectivity index (χ1) is 9.25. The Labute approximate surface area is 119 Å². The van der Waals surface area contributed by atoms with Gasteiger partial charge in [0.05, 0.1) is 16.6 Å². The summed E-state index contributed by atoms with van der Waals surface area (Å²) in [6.07, 6.45) is 1.89. The Morgan fingerprint density at radius 1 is 1.15 bits per heavy atom. The molecule has 0 spiro atoms. The predicted molar refractivity (Wildman–Crippen MR) is 75.5 cm³/mol. The molecule has 1 aliphatic heterocycles. The largest absolute Gasteiger partial charge is 0.457 e. The molecule has 1 aromatic rings. The molecule has 0 atom stereocenters. The van der Waals surface area contributed by atoms with E-state index >= 15 is 0 Å². The van der Waals surface area contributed by atoms with Crippen LogP contribution in [0.3, 0.4) is 0 Å². The lowest BCUT2D eigenvalue weighted by atomic mass is 9.97. The summed E-state index contributed by atoms with van der Waals surface area (Å²) in [5, 5.41) is 13.2. The van der Waals surface area contributed by atoms with Crippen LogP contribution in [-0.2, 0) is 9.94 Å². The summed E-state index contributed by atoms with van der Waals surface area (Å²) in [6, 6.07) is 8.84. The van der Waals surface area contributed by atoms with Crippen LogP contribution in [0.15, 0.2) is 42.0 Å². The van der Waals surface area contributed by atoms with Crippen molar-refractivity contribution in [3.8, 4) is 0 Å². The van der Waals surface area contributed by atoms with E-state index in [2.05, 4.69) is 0 Å². The van der Waals surface area contributed by atoms with E-state index in [4.69, 9.17) is 4.74 Å². The number of hydrogen-bond acceptors (Lipinski definition) is 3. The highest BCUT2D eigenvalue weighted by molar-refractivity contribution is 5.89. The van der Waals surface area contributed by atoms with Crippen LogP contribution >= 0.6 is 0 Å². The number of carbonyl (C=O) groups excluding carboxylic acids is 1. The van der Waals surface area contributed by atoms with Gasteiger partial charge in [0.2, 0.25) is 0 Å². The molecule has 1 radical (unpaired) electrons. The van der Waals surface area contributed by atoms with Crippen LogP contribution in [0.2, 0.25) is 0 Å². The van der Waals surface area contributed by atoms with Gasteiger partial charge in [-0.3, -0.25) is 0 Å². The second-order valence-electron chi connectivity index (χ2n) is 6.12. The van der Waals surface area contributed by atoms with Crippen LogP contribution in [-0.4, -0.2) is 28.7 Å². The summed E-state index contributed by atoms with van der Waals surface area (Å²) in [6.45, 7) is 7.54. The first kappa shape index (κ1) is 14.8. The number of carbonyl (C=O) groups is 1. The first-order valence-electron chi connectivity index (χ1n) is 6.67. The quantitative estimate of drug-likeness (QED) is 0.629. The van der Waals surface area contributed by atoms with Gasteiger partial charge in [-0.25, -0.2) is 4.79 Å². The van der Waals surface area contributed by atoms with Crippen LogP contribution in [0.5, 0.6) is 0 Å². The van der Waals surface area contributed by atoms with Crippen molar-refractivity contribution in [1.29, 1.82) is 0 Å². The topological polar surface area (TPSA) is 49.4 Å². The second-order valence-corrected chi connectivity index (χ2v) is 6.12. The molecule has 0 N–H and O–H groups in total. The van der Waals surface area contributed by atoms with E-state index in [0.29, 0.717) is 5.56 Å². The van der Waals surface area contributed by atoms with Gasteiger partial charge in [-0.15, -0.1) is 10.3 Å². The Morgan fingerprint density at radius 2 is 1.75 bits per heavy atom. The normalized spacial score (nSPS) is 20.6. The highest BCUT2D eigenvalue weighted by atomic mass is 16.5. The average molecular weight is 274 g/mol. The minimum absolute atomic E-state index is 0.142. The Bertz CT molecular complexity index is 532. The fourth-order valence-corrected chi connectivity index (χ4v) is 2.53. The summed E-state index contributed by atoms with van der Waals surface area (Å²) in [4.78, 5) is 11.9. The van der Waals surface area contributed by atoms with E-state index in [-0.39, 0.29) is 12.6 Å². The molecule has 20 heavy (non-hydrogen) atoms. The number of nitrogens with zero attached hydrogens (tertiary/aromatic N) is 1. The van der Waals surface area contributed by atoms with Crippen molar-refractivity contribution in [2.24, 2.45) is 0 Å². The lowest BCUT2D eigenvalue weighted by Gasteiger charge is -2.33. The molecule has 0 saturated carbocycles. The molecule has 1 aliphatic rings. The molecule has 0 unspecified atom stereocenters. The van der Waals surface area contributed by atoms with Gasteiger partial charge in [0.1, 0.15) is 6.61 Å². The molecule has 0 saturated heterocycles. The monoisotopic (exact) mass is 274 g/mol. The van der Waals surface area contributed by atoms with Crippen molar-refractivity contribution < 1.29 is 14.7 Å². The van der Waals surface area contributed by atoms with Gasteiger partial charge >= 0.3 is 5.97 Å². The van der Waals surface area contributed by atoms with Gasteiger partial charge in [-0.05, 0) is 45.4 Å². The van der Waals surface area contributed by atoms with Crippen molar-refractivity contribution in [3.63, 3.8) is 0 Å². The van der Waals surface area contributed by atoms with Crippen molar-refractivity contribution in [3.05, 3.63) is 47.5 Å². The molecule has 1 aromatic carbocycles. The minimum Gasteiger partial charge on any atom is -0.457 e. The number of hydrogen-bond donors (Lipinski definition) is 0. The van der Waals surface area contributed by atoms with Gasteiger partial charge in [-0.1, -0.05) is 24.3 Å². The number of esters is 1. The maximum absolute atomic E-state index is 12.2. The summed E-state index contributed by atoms with van der Waals surface area (Å²) < 4.78 is 5.32. The van der Waals surface area contributed by atoms with E-state index in [1.807, 2.05) is 39.8 Å². The molecule has 2 rings (SSSR count). The van der Waals surface area contributed by atoms with Crippen LogP contribution in [0.4, 0.5) is 0 Å². The zero-order valence-corrected chi connectivity index (χ0v) is 12.3. The lowest BCUT2D eigenvalue weighted by Crippen LogP contribution is -2.47. The number of ether oxygens (including phenoxy) is 1. The molecule has 4 heteroatoms. The molecular weight excluding hydrogens is 254 g/mol. The fourth-order valence-electron chi connectivity index (χ4n) is 2.53. The van der Waals surface area contributed by atoms with Gasteiger partial charge in [-0.2, -0.15) is 0 Å². The van der Waals surface area contributed by atoms with Gasteiger partial charge in [0.15, 0.2) is 0 Å². The Hall–Kier alpha value is -1.65. The number of hydroxylamine groups is 2. The smallest absolute Gasteiger partial charge is 0.338 e. The molecule has 1 heterocycles. The summed E-state index contributed by atoms with van der Waals surface area (Å²) in [5.74, 6) is -0.371. The SMILES string of the molecule is CC1(C)C=C(COC(=O)c2ccccc2)C(C)(C)N1[O].